The van der Waals surface area contributed by atoms with Crippen LogP contribution >= 0.6 is 0 Å². The van der Waals surface area contributed by atoms with Gasteiger partial charge < -0.3 is 10.5 Å². The maximum absolute atomic E-state index is 6.16. The molecule has 0 saturated carbocycles. The summed E-state index contributed by atoms with van der Waals surface area (Å²) >= 11 is 0. The molecule has 18 heavy (non-hydrogen) atoms. The number of hydrogen-bond acceptors (Lipinski definition) is 2. The van der Waals surface area contributed by atoms with Crippen molar-refractivity contribution >= 4 is 10.8 Å². The molecule has 1 atom stereocenters. The molecule has 2 nitrogen and oxygen atoms in total. The molecule has 0 aromatic heterocycles. The van der Waals surface area contributed by atoms with Crippen molar-refractivity contribution in [3.63, 3.8) is 0 Å². The van der Waals surface area contributed by atoms with Gasteiger partial charge in [0.05, 0.1) is 7.11 Å². The Morgan fingerprint density at radius 2 is 1.89 bits per heavy atom. The first-order chi connectivity index (χ1) is 8.60. The Kier molecular flexibility index (Phi) is 3.68. The summed E-state index contributed by atoms with van der Waals surface area (Å²) in [7, 11) is 1.68. The largest absolute Gasteiger partial charge is 0.497 e. The van der Waals surface area contributed by atoms with E-state index in [9.17, 15) is 0 Å². The summed E-state index contributed by atoms with van der Waals surface area (Å²) in [6.07, 6.45) is 0.821. The molecule has 0 unspecified atom stereocenters. The molecule has 0 bridgehead atoms. The number of rotatable bonds is 4. The van der Waals surface area contributed by atoms with Crippen LogP contribution in [-0.4, -0.2) is 7.11 Å². The molecule has 0 aliphatic heterocycles. The van der Waals surface area contributed by atoms with Crippen molar-refractivity contribution in [1.82, 2.24) is 0 Å². The third-order valence-corrected chi connectivity index (χ3v) is 3.07. The Morgan fingerprint density at radius 1 is 1.22 bits per heavy atom. The van der Waals surface area contributed by atoms with Gasteiger partial charge in [-0.3, -0.25) is 0 Å². The Labute approximate surface area is 108 Å². The molecule has 2 rings (SSSR count). The lowest BCUT2D eigenvalue weighted by Crippen LogP contribution is -2.10. The van der Waals surface area contributed by atoms with E-state index in [1.807, 2.05) is 19.1 Å². The zero-order valence-corrected chi connectivity index (χ0v) is 10.9. The van der Waals surface area contributed by atoms with Crippen LogP contribution in [0.3, 0.4) is 0 Å². The fraction of sp³-hybridized carbons (Fsp3) is 0.250. The highest BCUT2D eigenvalue weighted by atomic mass is 16.5. The second-order valence-electron chi connectivity index (χ2n) is 4.74. The Hall–Kier alpha value is -1.80. The summed E-state index contributed by atoms with van der Waals surface area (Å²) in [5.74, 6) is 0.876. The van der Waals surface area contributed by atoms with Gasteiger partial charge in [-0.25, -0.2) is 0 Å². The van der Waals surface area contributed by atoms with Crippen LogP contribution in [0.1, 0.15) is 24.9 Å². The average molecular weight is 241 g/mol. The summed E-state index contributed by atoms with van der Waals surface area (Å²) in [5, 5.41) is 2.35. The highest BCUT2D eigenvalue weighted by Crippen LogP contribution is 2.25. The molecular formula is C16H19NO. The zero-order chi connectivity index (χ0) is 13.1. The molecule has 2 aromatic rings. The van der Waals surface area contributed by atoms with Crippen molar-refractivity contribution < 1.29 is 4.74 Å². The van der Waals surface area contributed by atoms with Crippen LogP contribution in [-0.2, 0) is 0 Å². The van der Waals surface area contributed by atoms with Crippen molar-refractivity contribution in [3.05, 3.63) is 54.1 Å². The smallest absolute Gasteiger partial charge is 0.119 e. The van der Waals surface area contributed by atoms with Crippen LogP contribution in [0, 0.1) is 0 Å². The third kappa shape index (κ3) is 2.71. The lowest BCUT2D eigenvalue weighted by Gasteiger charge is -2.13. The molecule has 0 amide bonds. The molecule has 0 aliphatic rings. The maximum atomic E-state index is 6.16. The van der Waals surface area contributed by atoms with E-state index in [0.29, 0.717) is 0 Å². The topological polar surface area (TPSA) is 35.2 Å². The van der Waals surface area contributed by atoms with Crippen molar-refractivity contribution in [2.75, 3.05) is 7.11 Å². The molecule has 0 spiro atoms. The second-order valence-corrected chi connectivity index (χ2v) is 4.74. The molecule has 2 heteroatoms. The number of fused-ring (bicyclic) bond motifs is 1. The minimum Gasteiger partial charge on any atom is -0.497 e. The highest BCUT2D eigenvalue weighted by molar-refractivity contribution is 5.84. The molecule has 2 N–H and O–H groups in total. The molecule has 0 heterocycles. The van der Waals surface area contributed by atoms with Crippen molar-refractivity contribution in [2.45, 2.75) is 19.4 Å². The van der Waals surface area contributed by atoms with Gasteiger partial charge in [0.1, 0.15) is 5.75 Å². The highest BCUT2D eigenvalue weighted by Gasteiger charge is 2.07. The maximum Gasteiger partial charge on any atom is 0.119 e. The van der Waals surface area contributed by atoms with E-state index >= 15 is 0 Å². The summed E-state index contributed by atoms with van der Waals surface area (Å²) in [6, 6.07) is 12.4. The normalized spacial score (nSPS) is 12.4. The Morgan fingerprint density at radius 3 is 2.56 bits per heavy atom. The fourth-order valence-electron chi connectivity index (χ4n) is 2.09. The molecule has 0 fully saturated rings. The van der Waals surface area contributed by atoms with Crippen LogP contribution in [0.15, 0.2) is 48.6 Å². The quantitative estimate of drug-likeness (QED) is 0.826. The number of ether oxygens (including phenoxy) is 1. The predicted molar refractivity (Wildman–Crippen MR) is 76.9 cm³/mol. The molecule has 0 radical (unpaired) electrons. The molecule has 0 aliphatic carbocycles. The van der Waals surface area contributed by atoms with Gasteiger partial charge in [-0.1, -0.05) is 23.8 Å². The average Bonchev–Trinajstić information content (AvgIpc) is 2.36. The van der Waals surface area contributed by atoms with Crippen molar-refractivity contribution in [1.29, 1.82) is 0 Å². The molecular weight excluding hydrogens is 222 g/mol. The lowest BCUT2D eigenvalue weighted by atomic mass is 9.98. The van der Waals surface area contributed by atoms with Gasteiger partial charge >= 0.3 is 0 Å². The first kappa shape index (κ1) is 12.7. The van der Waals surface area contributed by atoms with Gasteiger partial charge in [0.25, 0.3) is 0 Å². The van der Waals surface area contributed by atoms with E-state index in [0.717, 1.165) is 23.3 Å². The van der Waals surface area contributed by atoms with Crippen LogP contribution < -0.4 is 10.5 Å². The number of methoxy groups -OCH3 is 1. The fourth-order valence-corrected chi connectivity index (χ4v) is 2.09. The summed E-state index contributed by atoms with van der Waals surface area (Å²) in [6.45, 7) is 5.91. The van der Waals surface area contributed by atoms with E-state index in [2.05, 4.69) is 30.8 Å². The minimum atomic E-state index is 0.0222. The van der Waals surface area contributed by atoms with E-state index in [1.165, 1.54) is 10.8 Å². The molecule has 94 valence electrons. The minimum absolute atomic E-state index is 0.0222. The van der Waals surface area contributed by atoms with Gasteiger partial charge in [-0.15, -0.1) is 6.58 Å². The van der Waals surface area contributed by atoms with Crippen molar-refractivity contribution in [2.24, 2.45) is 5.73 Å². The van der Waals surface area contributed by atoms with Gasteiger partial charge in [0.2, 0.25) is 0 Å². The third-order valence-electron chi connectivity index (χ3n) is 3.07. The van der Waals surface area contributed by atoms with Gasteiger partial charge in [0.15, 0.2) is 0 Å². The first-order valence-corrected chi connectivity index (χ1v) is 6.08. The Bertz CT molecular complexity index is 574. The van der Waals surface area contributed by atoms with Crippen LogP contribution in [0.25, 0.3) is 10.8 Å². The van der Waals surface area contributed by atoms with E-state index < -0.39 is 0 Å². The van der Waals surface area contributed by atoms with Crippen LogP contribution in [0.2, 0.25) is 0 Å². The summed E-state index contributed by atoms with van der Waals surface area (Å²) in [4.78, 5) is 0. The van der Waals surface area contributed by atoms with Crippen LogP contribution in [0.5, 0.6) is 5.75 Å². The van der Waals surface area contributed by atoms with Crippen molar-refractivity contribution in [3.8, 4) is 5.75 Å². The van der Waals surface area contributed by atoms with E-state index in [-0.39, 0.29) is 6.04 Å². The van der Waals surface area contributed by atoms with Crippen LogP contribution in [0.4, 0.5) is 0 Å². The van der Waals surface area contributed by atoms with Gasteiger partial charge in [-0.2, -0.15) is 0 Å². The van der Waals surface area contributed by atoms with E-state index in [4.69, 9.17) is 10.5 Å². The monoisotopic (exact) mass is 241 g/mol. The number of nitrogens with two attached hydrogens (primary N) is 1. The van der Waals surface area contributed by atoms with Gasteiger partial charge in [-0.05, 0) is 47.9 Å². The summed E-state index contributed by atoms with van der Waals surface area (Å²) < 4.78 is 5.22. The number of hydrogen-bond donors (Lipinski definition) is 1. The lowest BCUT2D eigenvalue weighted by molar-refractivity contribution is 0.415. The SMILES string of the molecule is C=C(C)C[C@@H](N)c1ccc2cc(OC)ccc2c1. The first-order valence-electron chi connectivity index (χ1n) is 6.08. The molecule has 2 aromatic carbocycles. The second kappa shape index (κ2) is 5.23. The number of benzene rings is 2. The molecule has 0 saturated heterocycles. The van der Waals surface area contributed by atoms with E-state index in [1.54, 1.807) is 7.11 Å². The standard InChI is InChI=1S/C16H19NO/c1-11(2)8-16(17)14-5-4-13-10-15(18-3)7-6-12(13)9-14/h4-7,9-10,16H,1,8,17H2,2-3H3/t16-/m1/s1. The zero-order valence-electron chi connectivity index (χ0n) is 10.9. The Balaban J connectivity index is 2.35. The van der Waals surface area contributed by atoms with Gasteiger partial charge in [0, 0.05) is 6.04 Å². The summed E-state index contributed by atoms with van der Waals surface area (Å²) in [5.41, 5.74) is 8.41. The predicted octanol–water partition coefficient (Wildman–Crippen LogP) is 3.81.